The van der Waals surface area contributed by atoms with E-state index < -0.39 is 5.91 Å². The second-order valence-corrected chi connectivity index (χ2v) is 5.69. The largest absolute Gasteiger partial charge is 0.292 e. The molecule has 0 atom stereocenters. The number of rotatable bonds is 2. The third kappa shape index (κ3) is 2.48. The molecule has 1 aliphatic rings. The number of carbonyl (C=O) groups excluding carboxylic acids is 1. The van der Waals surface area contributed by atoms with Gasteiger partial charge < -0.3 is 0 Å². The lowest BCUT2D eigenvalue weighted by molar-refractivity contribution is 0.0950. The third-order valence-corrected chi connectivity index (χ3v) is 4.13. The van der Waals surface area contributed by atoms with Gasteiger partial charge in [-0.25, -0.2) is 10.5 Å². The molecule has 0 bridgehead atoms. The molecule has 6 heteroatoms. The molecule has 0 saturated heterocycles. The fourth-order valence-corrected chi connectivity index (χ4v) is 2.95. The van der Waals surface area contributed by atoms with Crippen LogP contribution in [0.15, 0.2) is 58.4 Å². The van der Waals surface area contributed by atoms with E-state index in [1.54, 1.807) is 24.3 Å². The summed E-state index contributed by atoms with van der Waals surface area (Å²) in [5.74, 6) is -0.439. The molecule has 4 rings (SSSR count). The van der Waals surface area contributed by atoms with E-state index in [1.165, 1.54) is 11.1 Å². The number of aromatic nitrogens is 2. The molecule has 1 heterocycles. The molecule has 1 amide bonds. The molecule has 118 valence electrons. The fourth-order valence-electron chi connectivity index (χ4n) is 2.95. The van der Waals surface area contributed by atoms with E-state index in [0.717, 1.165) is 18.6 Å². The molecular weight excluding hydrogens is 304 g/mol. The summed E-state index contributed by atoms with van der Waals surface area (Å²) < 4.78 is 0. The summed E-state index contributed by atoms with van der Waals surface area (Å²) in [6.07, 6.45) is 1.46. The van der Waals surface area contributed by atoms with Crippen molar-refractivity contribution in [2.45, 2.75) is 12.8 Å². The summed E-state index contributed by atoms with van der Waals surface area (Å²) in [6, 6.07) is 15.0. The Morgan fingerprint density at radius 2 is 1.62 bits per heavy atom. The smallest absolute Gasteiger partial charge is 0.267 e. The molecule has 0 unspecified atom stereocenters. The van der Waals surface area contributed by atoms with Crippen molar-refractivity contribution < 1.29 is 4.79 Å². The van der Waals surface area contributed by atoms with Crippen LogP contribution in [0.4, 0.5) is 0 Å². The van der Waals surface area contributed by atoms with E-state index in [4.69, 9.17) is 0 Å². The molecule has 1 aliphatic carbocycles. The maximum absolute atomic E-state index is 12.4. The van der Waals surface area contributed by atoms with Gasteiger partial charge in [-0.3, -0.25) is 9.59 Å². The molecule has 0 radical (unpaired) electrons. The number of hydrazone groups is 1. The van der Waals surface area contributed by atoms with Gasteiger partial charge in [0.05, 0.1) is 5.39 Å². The zero-order valence-electron chi connectivity index (χ0n) is 12.7. The Labute approximate surface area is 137 Å². The van der Waals surface area contributed by atoms with Crippen molar-refractivity contribution in [3.8, 4) is 0 Å². The van der Waals surface area contributed by atoms with Crippen LogP contribution >= 0.6 is 0 Å². The normalized spacial score (nSPS) is 12.9. The monoisotopic (exact) mass is 318 g/mol. The number of aromatic amines is 1. The van der Waals surface area contributed by atoms with Crippen molar-refractivity contribution in [1.29, 1.82) is 0 Å². The summed E-state index contributed by atoms with van der Waals surface area (Å²) in [6.45, 7) is 0. The predicted octanol–water partition coefficient (Wildman–Crippen LogP) is 1.81. The van der Waals surface area contributed by atoms with Crippen molar-refractivity contribution >= 4 is 22.4 Å². The number of benzene rings is 2. The minimum absolute atomic E-state index is 0.157. The first-order valence-electron chi connectivity index (χ1n) is 7.62. The van der Waals surface area contributed by atoms with Crippen molar-refractivity contribution in [3.63, 3.8) is 0 Å². The van der Waals surface area contributed by atoms with E-state index in [0.29, 0.717) is 10.8 Å². The lowest BCUT2D eigenvalue weighted by Gasteiger charge is -2.04. The zero-order valence-corrected chi connectivity index (χ0v) is 12.7. The summed E-state index contributed by atoms with van der Waals surface area (Å²) in [5, 5.41) is 11.4. The lowest BCUT2D eigenvalue weighted by Crippen LogP contribution is -2.24. The van der Waals surface area contributed by atoms with Gasteiger partial charge in [-0.15, -0.1) is 0 Å². The van der Waals surface area contributed by atoms with E-state index in [-0.39, 0.29) is 11.3 Å². The number of amides is 1. The minimum atomic E-state index is -0.439. The van der Waals surface area contributed by atoms with Crippen LogP contribution in [-0.4, -0.2) is 21.8 Å². The van der Waals surface area contributed by atoms with E-state index >= 15 is 0 Å². The first-order valence-corrected chi connectivity index (χ1v) is 7.62. The topological polar surface area (TPSA) is 87.2 Å². The minimum Gasteiger partial charge on any atom is -0.267 e. The van der Waals surface area contributed by atoms with Crippen LogP contribution in [0, 0.1) is 0 Å². The molecule has 2 N–H and O–H groups in total. The fraction of sp³-hybridized carbons (Fsp3) is 0.111. The van der Waals surface area contributed by atoms with E-state index in [1.807, 2.05) is 12.1 Å². The Balaban J connectivity index is 1.59. The second kappa shape index (κ2) is 5.73. The number of fused-ring (bicyclic) bond motifs is 2. The highest BCUT2D eigenvalue weighted by Crippen LogP contribution is 2.19. The van der Waals surface area contributed by atoms with E-state index in [2.05, 4.69) is 32.9 Å². The van der Waals surface area contributed by atoms with Crippen LogP contribution in [-0.2, 0) is 12.8 Å². The Morgan fingerprint density at radius 3 is 2.33 bits per heavy atom. The third-order valence-electron chi connectivity index (χ3n) is 4.13. The molecule has 0 aliphatic heterocycles. The van der Waals surface area contributed by atoms with Gasteiger partial charge in [-0.05, 0) is 17.2 Å². The summed E-state index contributed by atoms with van der Waals surface area (Å²) in [7, 11) is 0. The number of hydrogen-bond acceptors (Lipinski definition) is 4. The average molecular weight is 318 g/mol. The molecular formula is C18H14N4O2. The molecule has 0 saturated carbocycles. The van der Waals surface area contributed by atoms with Gasteiger partial charge in [-0.1, -0.05) is 42.5 Å². The van der Waals surface area contributed by atoms with Crippen LogP contribution in [0.3, 0.4) is 0 Å². The molecule has 3 aromatic rings. The maximum atomic E-state index is 12.4. The Bertz CT molecular complexity index is 1010. The number of nitrogens with zero attached hydrogens (tertiary/aromatic N) is 2. The van der Waals surface area contributed by atoms with Crippen molar-refractivity contribution in [2.75, 3.05) is 0 Å². The van der Waals surface area contributed by atoms with E-state index in [9.17, 15) is 9.59 Å². The Kier molecular flexibility index (Phi) is 3.42. The Hall–Kier alpha value is -3.28. The number of nitrogens with one attached hydrogen (secondary N) is 2. The van der Waals surface area contributed by atoms with Crippen molar-refractivity contribution in [1.82, 2.24) is 15.6 Å². The molecule has 1 aromatic heterocycles. The lowest BCUT2D eigenvalue weighted by atomic mass is 10.1. The summed E-state index contributed by atoms with van der Waals surface area (Å²) in [5.41, 5.74) is 5.76. The van der Waals surface area contributed by atoms with Gasteiger partial charge >= 0.3 is 0 Å². The van der Waals surface area contributed by atoms with Gasteiger partial charge in [0.15, 0.2) is 5.69 Å². The van der Waals surface area contributed by atoms with Gasteiger partial charge in [0.1, 0.15) is 0 Å². The predicted molar refractivity (Wildman–Crippen MR) is 91.1 cm³/mol. The van der Waals surface area contributed by atoms with Gasteiger partial charge in [-0.2, -0.15) is 10.2 Å². The SMILES string of the molecule is O=C(NN=C1Cc2ccccc2C1)c1n[nH]c(=O)c2ccccc12. The first kappa shape index (κ1) is 14.3. The van der Waals surface area contributed by atoms with Gasteiger partial charge in [0.25, 0.3) is 11.5 Å². The highest BCUT2D eigenvalue weighted by Gasteiger charge is 2.17. The highest BCUT2D eigenvalue weighted by molar-refractivity contribution is 6.05. The standard InChI is InChI=1S/C18H14N4O2/c23-17-15-8-4-3-7-14(15)16(20-21-17)18(24)22-19-13-9-11-5-1-2-6-12(11)10-13/h1-8H,9-10H2,(H,21,23)(H,22,24). The van der Waals surface area contributed by atoms with Crippen LogP contribution in [0.25, 0.3) is 10.8 Å². The Morgan fingerprint density at radius 1 is 1.00 bits per heavy atom. The quantitative estimate of drug-likeness (QED) is 0.706. The molecule has 2 aromatic carbocycles. The zero-order chi connectivity index (χ0) is 16.5. The number of H-pyrrole nitrogens is 1. The molecule has 6 nitrogen and oxygen atoms in total. The van der Waals surface area contributed by atoms with Crippen molar-refractivity contribution in [3.05, 3.63) is 75.7 Å². The van der Waals surface area contributed by atoms with Gasteiger partial charge in [0.2, 0.25) is 0 Å². The van der Waals surface area contributed by atoms with Crippen molar-refractivity contribution in [2.24, 2.45) is 5.10 Å². The van der Waals surface area contributed by atoms with Crippen LogP contribution < -0.4 is 11.0 Å². The second-order valence-electron chi connectivity index (χ2n) is 5.69. The first-order chi connectivity index (χ1) is 11.7. The highest BCUT2D eigenvalue weighted by atomic mass is 16.2. The van der Waals surface area contributed by atoms with Crippen LogP contribution in [0.1, 0.15) is 21.6 Å². The van der Waals surface area contributed by atoms with Crippen LogP contribution in [0.5, 0.6) is 0 Å². The van der Waals surface area contributed by atoms with Crippen LogP contribution in [0.2, 0.25) is 0 Å². The molecule has 0 fully saturated rings. The number of carbonyl (C=O) groups is 1. The average Bonchev–Trinajstić information content (AvgIpc) is 3.03. The summed E-state index contributed by atoms with van der Waals surface area (Å²) in [4.78, 5) is 24.2. The summed E-state index contributed by atoms with van der Waals surface area (Å²) >= 11 is 0. The molecule has 24 heavy (non-hydrogen) atoms. The molecule has 0 spiro atoms. The van der Waals surface area contributed by atoms with Gasteiger partial charge in [0, 0.05) is 23.9 Å². The number of hydrogen-bond donors (Lipinski definition) is 2. The maximum Gasteiger partial charge on any atom is 0.292 e.